The molecule has 0 spiro atoms. The number of ether oxygens (including phenoxy) is 2. The summed E-state index contributed by atoms with van der Waals surface area (Å²) in [6, 6.07) is 7.92. The molecule has 1 aliphatic carbocycles. The van der Waals surface area contributed by atoms with E-state index in [0.717, 1.165) is 25.7 Å². The lowest BCUT2D eigenvalue weighted by Crippen LogP contribution is -2.41. The molecule has 12 heteroatoms. The summed E-state index contributed by atoms with van der Waals surface area (Å²) in [6.45, 7) is 5.99. The van der Waals surface area contributed by atoms with E-state index in [1.54, 1.807) is 19.1 Å². The third-order valence-corrected chi connectivity index (χ3v) is 7.65. The Morgan fingerprint density at radius 3 is 2.50 bits per heavy atom. The van der Waals surface area contributed by atoms with Crippen LogP contribution in [0.25, 0.3) is 11.0 Å². The van der Waals surface area contributed by atoms with Crippen molar-refractivity contribution in [3.8, 4) is 5.75 Å². The molecule has 1 aromatic heterocycles. The zero-order valence-electron chi connectivity index (χ0n) is 22.9. The highest BCUT2D eigenvalue weighted by atomic mass is 35.5. The lowest BCUT2D eigenvalue weighted by Gasteiger charge is -2.36. The Hall–Kier alpha value is -3.47. The van der Waals surface area contributed by atoms with Gasteiger partial charge in [0.25, 0.3) is 5.91 Å². The van der Waals surface area contributed by atoms with Crippen molar-refractivity contribution >= 4 is 46.1 Å². The number of carbonyl (C=O) groups is 2. The van der Waals surface area contributed by atoms with E-state index in [2.05, 4.69) is 28.5 Å². The highest BCUT2D eigenvalue weighted by Crippen LogP contribution is 2.44. The second kappa shape index (κ2) is 11.2. The van der Waals surface area contributed by atoms with Gasteiger partial charge >= 0.3 is 12.3 Å². The Morgan fingerprint density at radius 2 is 1.90 bits per heavy atom. The number of nitrogens with one attached hydrogen (secondary N) is 1. The smallest absolute Gasteiger partial charge is 0.467 e. The van der Waals surface area contributed by atoms with Crippen molar-refractivity contribution in [1.29, 1.82) is 0 Å². The Bertz CT molecular complexity index is 1410. The van der Waals surface area contributed by atoms with Crippen LogP contribution in [0.4, 0.5) is 24.8 Å². The first-order valence-corrected chi connectivity index (χ1v) is 13.3. The predicted molar refractivity (Wildman–Crippen MR) is 146 cm³/mol. The summed E-state index contributed by atoms with van der Waals surface area (Å²) in [4.78, 5) is 31.3. The van der Waals surface area contributed by atoms with Crippen LogP contribution in [0.2, 0.25) is 5.02 Å². The summed E-state index contributed by atoms with van der Waals surface area (Å²) >= 11 is 6.64. The van der Waals surface area contributed by atoms with Gasteiger partial charge in [0, 0.05) is 18.8 Å². The molecule has 8 nitrogen and oxygen atoms in total. The number of anilines is 2. The van der Waals surface area contributed by atoms with E-state index in [0.29, 0.717) is 22.7 Å². The number of nitrogens with zero attached hydrogens (tertiary/aromatic N) is 3. The summed E-state index contributed by atoms with van der Waals surface area (Å²) in [7, 11) is 2.74. The zero-order valence-corrected chi connectivity index (χ0v) is 23.7. The first-order valence-electron chi connectivity index (χ1n) is 12.9. The summed E-state index contributed by atoms with van der Waals surface area (Å²) < 4.78 is 48.6. The highest BCUT2D eigenvalue weighted by molar-refractivity contribution is 6.34. The second-order valence-electron chi connectivity index (χ2n) is 10.9. The molecule has 1 amide bonds. The Labute approximate surface area is 235 Å². The van der Waals surface area contributed by atoms with Crippen LogP contribution in [-0.4, -0.2) is 52.9 Å². The number of halogens is 4. The fourth-order valence-electron chi connectivity index (χ4n) is 5.18. The largest absolute Gasteiger partial charge is 0.573 e. The van der Waals surface area contributed by atoms with Gasteiger partial charge in [0.15, 0.2) is 0 Å². The molecular weight excluding hydrogens is 549 g/mol. The van der Waals surface area contributed by atoms with Gasteiger partial charge in [-0.15, -0.1) is 13.2 Å². The van der Waals surface area contributed by atoms with Gasteiger partial charge < -0.3 is 24.3 Å². The number of benzene rings is 2. The van der Waals surface area contributed by atoms with Gasteiger partial charge in [0.1, 0.15) is 11.8 Å². The van der Waals surface area contributed by atoms with E-state index >= 15 is 0 Å². The van der Waals surface area contributed by atoms with Gasteiger partial charge in [0.2, 0.25) is 5.95 Å². The minimum atomic E-state index is -4.78. The monoisotopic (exact) mass is 580 g/mol. The number of fused-ring (bicyclic) bond motifs is 1. The van der Waals surface area contributed by atoms with Gasteiger partial charge in [0.05, 0.1) is 28.7 Å². The molecule has 0 saturated heterocycles. The minimum absolute atomic E-state index is 0.0729. The van der Waals surface area contributed by atoms with Crippen molar-refractivity contribution in [3.05, 3.63) is 47.0 Å². The summed E-state index contributed by atoms with van der Waals surface area (Å²) in [5, 5.41) is 3.43. The first-order chi connectivity index (χ1) is 18.7. The van der Waals surface area contributed by atoms with Gasteiger partial charge in [-0.1, -0.05) is 31.9 Å². The van der Waals surface area contributed by atoms with Crippen molar-refractivity contribution in [3.63, 3.8) is 0 Å². The van der Waals surface area contributed by atoms with Gasteiger partial charge in [-0.25, -0.2) is 9.78 Å². The van der Waals surface area contributed by atoms with Crippen LogP contribution in [0, 0.1) is 5.41 Å². The van der Waals surface area contributed by atoms with Crippen LogP contribution >= 0.6 is 11.6 Å². The molecule has 1 N–H and O–H groups in total. The first kappa shape index (κ1) is 29.5. The Balaban J connectivity index is 1.75. The SMILES string of the molecule is COC(=O)C(C)N(C)C(=O)c1cc2nc(Nc3ccc(OC(F)(F)F)cc3)n(C3CCCC(C)(C)C3)c2cc1Cl. The highest BCUT2D eigenvalue weighted by Gasteiger charge is 2.33. The number of aromatic nitrogens is 2. The lowest BCUT2D eigenvalue weighted by molar-refractivity contribution is -0.274. The number of alkyl halides is 3. The molecular formula is C28H32ClF3N4O4. The maximum Gasteiger partial charge on any atom is 0.573 e. The van der Waals surface area contributed by atoms with Crippen molar-refractivity contribution in [2.75, 3.05) is 19.5 Å². The maximum absolute atomic E-state index is 13.3. The van der Waals surface area contributed by atoms with Crippen LogP contribution in [0.1, 0.15) is 62.9 Å². The number of hydrogen-bond donors (Lipinski definition) is 1. The standard InChI is InChI=1S/C28H32ClF3N4O4/c1-16(25(38)39-5)35(4)24(37)20-13-22-23(14-21(20)29)36(18-7-6-12-27(2,3)15-18)26(34-22)33-17-8-10-19(11-9-17)40-28(30,31)32/h8-11,13-14,16,18H,6-7,12,15H2,1-5H3,(H,33,34). The number of amides is 1. The maximum atomic E-state index is 13.3. The number of carbonyl (C=O) groups excluding carboxylic acids is 2. The minimum Gasteiger partial charge on any atom is -0.467 e. The normalized spacial score (nSPS) is 17.8. The molecule has 2 unspecified atom stereocenters. The van der Waals surface area contributed by atoms with Crippen molar-refractivity contribution in [2.24, 2.45) is 5.41 Å². The number of methoxy groups -OCH3 is 1. The van der Waals surface area contributed by atoms with Crippen molar-refractivity contribution in [1.82, 2.24) is 14.5 Å². The molecule has 40 heavy (non-hydrogen) atoms. The zero-order chi connectivity index (χ0) is 29.4. The second-order valence-corrected chi connectivity index (χ2v) is 11.3. The van der Waals surface area contributed by atoms with E-state index in [-0.39, 0.29) is 27.8 Å². The third-order valence-electron chi connectivity index (χ3n) is 7.34. The third kappa shape index (κ3) is 6.46. The molecule has 216 valence electrons. The molecule has 2 atom stereocenters. The van der Waals surface area contributed by atoms with E-state index in [9.17, 15) is 22.8 Å². The van der Waals surface area contributed by atoms with E-state index in [1.807, 2.05) is 0 Å². The van der Waals surface area contributed by atoms with Crippen LogP contribution in [-0.2, 0) is 9.53 Å². The summed E-state index contributed by atoms with van der Waals surface area (Å²) in [6.07, 6.45) is -0.902. The molecule has 1 fully saturated rings. The predicted octanol–water partition coefficient (Wildman–Crippen LogP) is 7.11. The van der Waals surface area contributed by atoms with Gasteiger partial charge in [-0.05, 0) is 68.0 Å². The van der Waals surface area contributed by atoms with Crippen molar-refractivity contribution in [2.45, 2.75) is 64.9 Å². The number of esters is 1. The van der Waals surface area contributed by atoms with Crippen LogP contribution < -0.4 is 10.1 Å². The number of hydrogen-bond acceptors (Lipinski definition) is 6. The van der Waals surface area contributed by atoms with E-state index in [4.69, 9.17) is 21.3 Å². The number of likely N-dealkylation sites (N-methyl/N-ethyl adjacent to an activating group) is 1. The molecule has 0 aliphatic heterocycles. The van der Waals surface area contributed by atoms with Crippen molar-refractivity contribution < 1.29 is 32.2 Å². The van der Waals surface area contributed by atoms with Gasteiger partial charge in [-0.3, -0.25) is 4.79 Å². The molecule has 3 aromatic rings. The molecule has 2 aromatic carbocycles. The van der Waals surface area contributed by atoms with E-state index < -0.39 is 24.3 Å². The summed E-state index contributed by atoms with van der Waals surface area (Å²) in [5.74, 6) is -0.886. The molecule has 1 aliphatic rings. The fourth-order valence-corrected chi connectivity index (χ4v) is 5.42. The van der Waals surface area contributed by atoms with E-state index in [1.165, 1.54) is 43.3 Å². The molecule has 0 bridgehead atoms. The quantitative estimate of drug-likeness (QED) is 0.300. The lowest BCUT2D eigenvalue weighted by atomic mass is 9.75. The fraction of sp³-hybridized carbons (Fsp3) is 0.464. The van der Waals surface area contributed by atoms with Crippen LogP contribution in [0.3, 0.4) is 0 Å². The average molecular weight is 581 g/mol. The topological polar surface area (TPSA) is 85.7 Å². The van der Waals surface area contributed by atoms with Gasteiger partial charge in [-0.2, -0.15) is 0 Å². The molecule has 0 radical (unpaired) electrons. The molecule has 1 saturated carbocycles. The Kier molecular flexibility index (Phi) is 8.26. The molecule has 4 rings (SSSR count). The molecule has 1 heterocycles. The number of rotatable bonds is 7. The van der Waals surface area contributed by atoms with Crippen LogP contribution in [0.15, 0.2) is 36.4 Å². The number of imidazole rings is 1. The summed E-state index contributed by atoms with van der Waals surface area (Å²) in [5.41, 5.74) is 2.01. The Morgan fingerprint density at radius 1 is 1.23 bits per heavy atom. The van der Waals surface area contributed by atoms with Crippen LogP contribution in [0.5, 0.6) is 5.75 Å². The average Bonchev–Trinajstić information content (AvgIpc) is 3.22.